The molecule has 4 aromatic rings. The predicted octanol–water partition coefficient (Wildman–Crippen LogP) is 4.77. The van der Waals surface area contributed by atoms with Crippen LogP contribution in [0.2, 0.25) is 0 Å². The second-order valence-corrected chi connectivity index (χ2v) is 7.08. The Bertz CT molecular complexity index is 1200. The summed E-state index contributed by atoms with van der Waals surface area (Å²) in [7, 11) is 0. The summed E-state index contributed by atoms with van der Waals surface area (Å²) in [5.74, 6) is -0.0319. The zero-order chi connectivity index (χ0) is 20.9. The van der Waals surface area contributed by atoms with E-state index in [9.17, 15) is 9.90 Å². The molecule has 0 radical (unpaired) electrons. The smallest absolute Gasteiger partial charge is 0.241 e. The highest BCUT2D eigenvalue weighted by molar-refractivity contribution is 6.08. The number of carbonyl (C=O) groups excluding carboxylic acids is 1. The average molecular weight is 397 g/mol. The van der Waals surface area contributed by atoms with Crippen molar-refractivity contribution >= 4 is 33.9 Å². The largest absolute Gasteiger partial charge is 0.507 e. The third-order valence-corrected chi connectivity index (χ3v) is 5.15. The Morgan fingerprint density at radius 1 is 1.00 bits per heavy atom. The first kappa shape index (κ1) is 19.5. The number of fused-ring (bicyclic) bond motifs is 3. The number of hydrogen-bond donors (Lipinski definition) is 2. The summed E-state index contributed by atoms with van der Waals surface area (Å²) in [6.07, 6.45) is 4.05. The van der Waals surface area contributed by atoms with Crippen molar-refractivity contribution < 1.29 is 9.90 Å². The monoisotopic (exact) mass is 397 g/mol. The Morgan fingerprint density at radius 3 is 2.33 bits per heavy atom. The number of phenols is 1. The molecule has 0 atom stereocenters. The van der Waals surface area contributed by atoms with Gasteiger partial charge in [0.25, 0.3) is 0 Å². The van der Waals surface area contributed by atoms with Gasteiger partial charge in [0.1, 0.15) is 5.75 Å². The zero-order valence-electron chi connectivity index (χ0n) is 16.6. The molecule has 1 amide bonds. The first-order chi connectivity index (χ1) is 14.7. The van der Waals surface area contributed by atoms with Crippen molar-refractivity contribution in [2.75, 3.05) is 0 Å². The van der Waals surface area contributed by atoms with E-state index in [-0.39, 0.29) is 11.7 Å². The number of benzene rings is 3. The quantitative estimate of drug-likeness (QED) is 0.268. The van der Waals surface area contributed by atoms with Crippen LogP contribution in [0.4, 0.5) is 0 Å². The summed E-state index contributed by atoms with van der Waals surface area (Å²) in [6, 6.07) is 21.8. The molecule has 0 fully saturated rings. The summed E-state index contributed by atoms with van der Waals surface area (Å²) >= 11 is 0. The average Bonchev–Trinajstić information content (AvgIpc) is 3.09. The van der Waals surface area contributed by atoms with Crippen LogP contribution in [0.5, 0.6) is 5.75 Å². The predicted molar refractivity (Wildman–Crippen MR) is 122 cm³/mol. The van der Waals surface area contributed by atoms with E-state index in [1.807, 2.05) is 36.4 Å². The molecule has 0 bridgehead atoms. The van der Waals surface area contributed by atoms with E-state index < -0.39 is 0 Å². The van der Waals surface area contributed by atoms with Crippen LogP contribution in [0.1, 0.15) is 17.5 Å². The van der Waals surface area contributed by atoms with Crippen LogP contribution < -0.4 is 5.43 Å². The van der Waals surface area contributed by atoms with E-state index >= 15 is 0 Å². The van der Waals surface area contributed by atoms with Gasteiger partial charge in [-0.15, -0.1) is 6.58 Å². The zero-order valence-corrected chi connectivity index (χ0v) is 16.6. The van der Waals surface area contributed by atoms with Crippen molar-refractivity contribution in [3.05, 3.63) is 90.5 Å². The molecule has 0 saturated heterocycles. The maximum Gasteiger partial charge on any atom is 0.241 e. The Morgan fingerprint density at radius 2 is 1.67 bits per heavy atom. The van der Waals surface area contributed by atoms with Gasteiger partial charge in [0, 0.05) is 40.3 Å². The molecule has 4 rings (SSSR count). The van der Waals surface area contributed by atoms with Gasteiger partial charge in [-0.2, -0.15) is 5.10 Å². The summed E-state index contributed by atoms with van der Waals surface area (Å²) in [5, 5.41) is 16.6. The number of allylic oxidation sites excluding steroid dienone is 1. The standard InChI is InChI=1S/C25H23N3O2/c1-2-8-18-9-7-10-19(25(18)30)17-26-27-24(29)15-16-28-22-13-5-3-11-20(22)21-12-4-6-14-23(21)28/h2-7,9-14,17,30H,1,8,15-16H2,(H,27,29)/b26-17+. The van der Waals surface area contributed by atoms with E-state index in [4.69, 9.17) is 0 Å². The lowest BCUT2D eigenvalue weighted by molar-refractivity contribution is -0.121. The van der Waals surface area contributed by atoms with Crippen LogP contribution in [-0.2, 0) is 17.8 Å². The molecule has 1 heterocycles. The van der Waals surface area contributed by atoms with Crippen LogP contribution in [0.15, 0.2) is 84.5 Å². The van der Waals surface area contributed by atoms with E-state index in [0.717, 1.165) is 16.6 Å². The van der Waals surface area contributed by atoms with Gasteiger partial charge in [0.05, 0.1) is 6.21 Å². The van der Waals surface area contributed by atoms with Crippen molar-refractivity contribution in [1.82, 2.24) is 9.99 Å². The van der Waals surface area contributed by atoms with Crippen LogP contribution >= 0.6 is 0 Å². The van der Waals surface area contributed by atoms with Gasteiger partial charge in [-0.3, -0.25) is 4.79 Å². The minimum absolute atomic E-state index is 0.153. The molecule has 30 heavy (non-hydrogen) atoms. The van der Waals surface area contributed by atoms with Gasteiger partial charge in [0.15, 0.2) is 0 Å². The molecule has 150 valence electrons. The van der Waals surface area contributed by atoms with Crippen molar-refractivity contribution in [2.24, 2.45) is 5.10 Å². The number of aryl methyl sites for hydroxylation is 1. The summed E-state index contributed by atoms with van der Waals surface area (Å²) in [4.78, 5) is 12.3. The van der Waals surface area contributed by atoms with Gasteiger partial charge in [-0.25, -0.2) is 5.43 Å². The molecule has 0 aliphatic rings. The number of aromatic hydroxyl groups is 1. The van der Waals surface area contributed by atoms with Gasteiger partial charge >= 0.3 is 0 Å². The molecule has 0 aliphatic heterocycles. The first-order valence-electron chi connectivity index (χ1n) is 9.88. The molecule has 5 nitrogen and oxygen atoms in total. The molecule has 1 aromatic heterocycles. The molecule has 0 spiro atoms. The number of hydrogen-bond acceptors (Lipinski definition) is 3. The minimum Gasteiger partial charge on any atom is -0.507 e. The normalized spacial score (nSPS) is 11.3. The van der Waals surface area contributed by atoms with Crippen molar-refractivity contribution in [2.45, 2.75) is 19.4 Å². The number of rotatable bonds is 7. The summed E-state index contributed by atoms with van der Waals surface area (Å²) in [6.45, 7) is 4.24. The third kappa shape index (κ3) is 3.82. The van der Waals surface area contributed by atoms with E-state index in [2.05, 4.69) is 45.9 Å². The molecule has 0 saturated carbocycles. The third-order valence-electron chi connectivity index (χ3n) is 5.15. The number of carbonyl (C=O) groups is 1. The fourth-order valence-electron chi connectivity index (χ4n) is 3.72. The fourth-order valence-corrected chi connectivity index (χ4v) is 3.72. The number of nitrogens with zero attached hydrogens (tertiary/aromatic N) is 2. The molecule has 5 heteroatoms. The van der Waals surface area contributed by atoms with Crippen LogP contribution in [0, 0.1) is 0 Å². The van der Waals surface area contributed by atoms with Gasteiger partial charge < -0.3 is 9.67 Å². The van der Waals surface area contributed by atoms with Crippen LogP contribution in [-0.4, -0.2) is 21.8 Å². The Hall–Kier alpha value is -3.86. The number of nitrogens with one attached hydrogen (secondary N) is 1. The van der Waals surface area contributed by atoms with Crippen LogP contribution in [0.3, 0.4) is 0 Å². The lowest BCUT2D eigenvalue weighted by atomic mass is 10.1. The summed E-state index contributed by atoms with van der Waals surface area (Å²) < 4.78 is 2.17. The molecule has 0 unspecified atom stereocenters. The summed E-state index contributed by atoms with van der Waals surface area (Å²) in [5.41, 5.74) is 6.10. The van der Waals surface area contributed by atoms with Gasteiger partial charge in [-0.05, 0) is 30.2 Å². The van der Waals surface area contributed by atoms with Crippen molar-refractivity contribution in [3.8, 4) is 5.75 Å². The van der Waals surface area contributed by atoms with Crippen molar-refractivity contribution in [3.63, 3.8) is 0 Å². The SMILES string of the molecule is C=CCc1cccc(/C=N/NC(=O)CCn2c3ccccc3c3ccccc32)c1O. The lowest BCUT2D eigenvalue weighted by Crippen LogP contribution is -2.19. The minimum atomic E-state index is -0.185. The molecule has 2 N–H and O–H groups in total. The lowest BCUT2D eigenvalue weighted by Gasteiger charge is -2.07. The Labute approximate surface area is 175 Å². The number of aromatic nitrogens is 1. The van der Waals surface area contributed by atoms with Gasteiger partial charge in [0.2, 0.25) is 5.91 Å². The number of amides is 1. The van der Waals surface area contributed by atoms with Crippen LogP contribution in [0.25, 0.3) is 21.8 Å². The molecule has 0 aliphatic carbocycles. The topological polar surface area (TPSA) is 66.6 Å². The maximum atomic E-state index is 12.3. The highest BCUT2D eigenvalue weighted by Gasteiger charge is 2.11. The van der Waals surface area contributed by atoms with Gasteiger partial charge in [-0.1, -0.05) is 54.6 Å². The second kappa shape index (κ2) is 8.66. The maximum absolute atomic E-state index is 12.3. The molecular formula is C25H23N3O2. The highest BCUT2D eigenvalue weighted by Crippen LogP contribution is 2.28. The Kier molecular flexibility index (Phi) is 5.61. The van der Waals surface area contributed by atoms with E-state index in [1.54, 1.807) is 12.1 Å². The second-order valence-electron chi connectivity index (χ2n) is 7.08. The molecule has 3 aromatic carbocycles. The highest BCUT2D eigenvalue weighted by atomic mass is 16.3. The number of para-hydroxylation sites is 3. The van der Waals surface area contributed by atoms with E-state index in [1.165, 1.54) is 17.0 Å². The molecular weight excluding hydrogens is 374 g/mol. The Balaban J connectivity index is 1.45. The van der Waals surface area contributed by atoms with Crippen molar-refractivity contribution in [1.29, 1.82) is 0 Å². The first-order valence-corrected chi connectivity index (χ1v) is 9.88. The van der Waals surface area contributed by atoms with E-state index in [0.29, 0.717) is 24.9 Å². The fraction of sp³-hybridized carbons (Fsp3) is 0.120. The number of hydrazone groups is 1. The number of phenolic OH excluding ortho intramolecular Hbond substituents is 1.